The van der Waals surface area contributed by atoms with Crippen molar-refractivity contribution < 1.29 is 19.9 Å². The Labute approximate surface area is 119 Å². The third-order valence-corrected chi connectivity index (χ3v) is 4.83. The molecule has 0 spiro atoms. The number of nitrogens with zero attached hydrogens (tertiary/aromatic N) is 1. The normalized spacial score (nSPS) is 33.4. The predicted molar refractivity (Wildman–Crippen MR) is 75.1 cm³/mol. The number of rotatable bonds is 7. The predicted octanol–water partition coefficient (Wildman–Crippen LogP) is -1.68. The Kier molecular flexibility index (Phi) is 5.03. The highest BCUT2D eigenvalue weighted by Crippen LogP contribution is 2.47. The number of carbonyl (C=O) groups is 1. The van der Waals surface area contributed by atoms with Crippen LogP contribution in [0.1, 0.15) is 19.3 Å². The van der Waals surface area contributed by atoms with Gasteiger partial charge in [-0.15, -0.1) is 0 Å². The quantitative estimate of drug-likeness (QED) is 0.354. The van der Waals surface area contributed by atoms with E-state index < -0.39 is 19.1 Å². The lowest BCUT2D eigenvalue weighted by molar-refractivity contribution is -0.142. The first-order valence-corrected chi connectivity index (χ1v) is 7.27. The highest BCUT2D eigenvalue weighted by atomic mass is 16.4. The van der Waals surface area contributed by atoms with Gasteiger partial charge in [0.15, 0.2) is 0 Å². The van der Waals surface area contributed by atoms with Crippen molar-refractivity contribution in [3.8, 4) is 0 Å². The van der Waals surface area contributed by atoms with Gasteiger partial charge in [-0.1, -0.05) is 6.42 Å². The van der Waals surface area contributed by atoms with Crippen LogP contribution in [0.5, 0.6) is 0 Å². The van der Waals surface area contributed by atoms with E-state index >= 15 is 0 Å². The molecule has 0 amide bonds. The van der Waals surface area contributed by atoms with Gasteiger partial charge in [-0.3, -0.25) is 9.69 Å². The Hall–Kier alpha value is -0.665. The highest BCUT2D eigenvalue weighted by molar-refractivity contribution is 6.40. The van der Waals surface area contributed by atoms with E-state index in [0.717, 1.165) is 19.5 Å². The Bertz CT molecular complexity index is 358. The molecular weight excluding hydrogens is 261 g/mol. The number of hydrogen-bond acceptors (Lipinski definition) is 6. The van der Waals surface area contributed by atoms with Crippen molar-refractivity contribution in [1.29, 1.82) is 0 Å². The van der Waals surface area contributed by atoms with E-state index in [9.17, 15) is 9.90 Å². The van der Waals surface area contributed by atoms with Gasteiger partial charge >= 0.3 is 13.1 Å². The average molecular weight is 285 g/mol. The lowest BCUT2D eigenvalue weighted by atomic mass is 9.70. The minimum absolute atomic E-state index is 0.183. The number of carboxylic acids is 1. The monoisotopic (exact) mass is 285 g/mol. The van der Waals surface area contributed by atoms with Gasteiger partial charge in [0, 0.05) is 31.1 Å². The number of aliphatic carboxylic acids is 1. The molecule has 8 heteroatoms. The Morgan fingerprint density at radius 3 is 2.85 bits per heavy atom. The molecule has 20 heavy (non-hydrogen) atoms. The van der Waals surface area contributed by atoms with E-state index in [2.05, 4.69) is 10.2 Å². The summed E-state index contributed by atoms with van der Waals surface area (Å²) in [6.45, 7) is 2.89. The van der Waals surface area contributed by atoms with Crippen molar-refractivity contribution in [2.24, 2.45) is 11.1 Å². The van der Waals surface area contributed by atoms with Crippen LogP contribution >= 0.6 is 0 Å². The number of nitrogens with one attached hydrogen (secondary N) is 1. The van der Waals surface area contributed by atoms with Crippen molar-refractivity contribution in [1.82, 2.24) is 10.2 Å². The third-order valence-electron chi connectivity index (χ3n) is 4.83. The van der Waals surface area contributed by atoms with E-state index in [-0.39, 0.29) is 17.8 Å². The lowest BCUT2D eigenvalue weighted by Crippen LogP contribution is -2.46. The number of nitrogens with two attached hydrogens (primary N) is 1. The van der Waals surface area contributed by atoms with E-state index in [1.807, 2.05) is 0 Å². The summed E-state index contributed by atoms with van der Waals surface area (Å²) in [4.78, 5) is 13.8. The van der Waals surface area contributed by atoms with Crippen LogP contribution in [-0.2, 0) is 4.79 Å². The number of hydrogen-bond donors (Lipinski definition) is 5. The van der Waals surface area contributed by atoms with Crippen LogP contribution in [0.3, 0.4) is 0 Å². The largest absolute Gasteiger partial charge is 0.480 e. The van der Waals surface area contributed by atoms with Crippen LogP contribution in [0, 0.1) is 5.41 Å². The lowest BCUT2D eigenvalue weighted by Gasteiger charge is -2.34. The van der Waals surface area contributed by atoms with Crippen molar-refractivity contribution >= 4 is 13.1 Å². The standard InChI is InChI=1S/C12H24BN3O4/c14-5-7-16-6-3-12(2-1-4-13(19)20)9(16)8-15-10(12)11(17)18/h9-10,15,19-20H,1-8,14H2,(H,17,18). The molecule has 2 fully saturated rings. The van der Waals surface area contributed by atoms with Crippen molar-refractivity contribution in [2.45, 2.75) is 37.7 Å². The van der Waals surface area contributed by atoms with Crippen LogP contribution in [0.25, 0.3) is 0 Å². The molecule has 114 valence electrons. The first-order chi connectivity index (χ1) is 9.51. The van der Waals surface area contributed by atoms with Crippen molar-refractivity contribution in [3.05, 3.63) is 0 Å². The summed E-state index contributed by atoms with van der Waals surface area (Å²) in [6, 6.07) is -0.367. The van der Waals surface area contributed by atoms with Crippen LogP contribution in [-0.4, -0.2) is 71.4 Å². The first kappa shape index (κ1) is 15.7. The molecule has 0 saturated carbocycles. The Morgan fingerprint density at radius 1 is 1.50 bits per heavy atom. The van der Waals surface area contributed by atoms with E-state index in [0.29, 0.717) is 25.9 Å². The molecule has 0 aliphatic carbocycles. The molecule has 2 aliphatic rings. The second kappa shape index (κ2) is 6.40. The molecule has 3 unspecified atom stereocenters. The SMILES string of the molecule is NCCN1CCC2(CCCB(O)O)C(C(=O)O)NCC12. The maximum Gasteiger partial charge on any atom is 0.451 e. The van der Waals surface area contributed by atoms with Gasteiger partial charge < -0.3 is 26.2 Å². The average Bonchev–Trinajstić information content (AvgIpc) is 2.87. The summed E-state index contributed by atoms with van der Waals surface area (Å²) in [5.74, 6) is -0.813. The summed E-state index contributed by atoms with van der Waals surface area (Å²) in [7, 11) is -1.32. The van der Waals surface area contributed by atoms with Crippen LogP contribution < -0.4 is 11.1 Å². The van der Waals surface area contributed by atoms with Crippen LogP contribution in [0.2, 0.25) is 6.32 Å². The zero-order valence-electron chi connectivity index (χ0n) is 11.7. The second-order valence-corrected chi connectivity index (χ2v) is 5.88. The highest BCUT2D eigenvalue weighted by Gasteiger charge is 2.57. The number of carboxylic acid groups (broad SMARTS) is 1. The smallest absolute Gasteiger partial charge is 0.451 e. The Balaban J connectivity index is 2.10. The minimum atomic E-state index is -1.32. The fraction of sp³-hybridized carbons (Fsp3) is 0.917. The zero-order chi connectivity index (χ0) is 14.8. The molecule has 2 saturated heterocycles. The maximum absolute atomic E-state index is 11.5. The molecule has 0 radical (unpaired) electrons. The van der Waals surface area contributed by atoms with Gasteiger partial charge in [-0.25, -0.2) is 0 Å². The van der Waals surface area contributed by atoms with Crippen molar-refractivity contribution in [2.75, 3.05) is 26.2 Å². The van der Waals surface area contributed by atoms with E-state index in [1.54, 1.807) is 0 Å². The maximum atomic E-state index is 11.5. The topological polar surface area (TPSA) is 119 Å². The van der Waals surface area contributed by atoms with Gasteiger partial charge in [0.25, 0.3) is 0 Å². The molecule has 2 rings (SSSR count). The first-order valence-electron chi connectivity index (χ1n) is 7.27. The molecule has 2 aliphatic heterocycles. The Morgan fingerprint density at radius 2 is 2.25 bits per heavy atom. The van der Waals surface area contributed by atoms with E-state index in [1.165, 1.54) is 0 Å². The molecule has 0 aromatic carbocycles. The fourth-order valence-electron chi connectivity index (χ4n) is 3.96. The van der Waals surface area contributed by atoms with Crippen LogP contribution in [0.15, 0.2) is 0 Å². The summed E-state index contributed by atoms with van der Waals surface area (Å²) >= 11 is 0. The van der Waals surface area contributed by atoms with E-state index in [4.69, 9.17) is 15.8 Å². The molecule has 2 heterocycles. The summed E-state index contributed by atoms with van der Waals surface area (Å²) in [5.41, 5.74) is 5.31. The van der Waals surface area contributed by atoms with Gasteiger partial charge in [-0.05, 0) is 25.7 Å². The fourth-order valence-corrected chi connectivity index (χ4v) is 3.96. The molecule has 7 nitrogen and oxygen atoms in total. The zero-order valence-corrected chi connectivity index (χ0v) is 11.7. The molecular formula is C12H24BN3O4. The molecule has 0 aromatic heterocycles. The number of likely N-dealkylation sites (tertiary alicyclic amines) is 1. The molecule has 3 atom stereocenters. The van der Waals surface area contributed by atoms with Gasteiger partial charge in [0.1, 0.15) is 6.04 Å². The van der Waals surface area contributed by atoms with Crippen molar-refractivity contribution in [3.63, 3.8) is 0 Å². The third kappa shape index (κ3) is 2.84. The van der Waals surface area contributed by atoms with Crippen LogP contribution in [0.4, 0.5) is 0 Å². The van der Waals surface area contributed by atoms with Gasteiger partial charge in [0.2, 0.25) is 0 Å². The van der Waals surface area contributed by atoms with Gasteiger partial charge in [0.05, 0.1) is 0 Å². The summed E-state index contributed by atoms with van der Waals surface area (Å²) in [6.07, 6.45) is 2.43. The summed E-state index contributed by atoms with van der Waals surface area (Å²) in [5, 5.41) is 30.5. The summed E-state index contributed by atoms with van der Waals surface area (Å²) < 4.78 is 0. The second-order valence-electron chi connectivity index (χ2n) is 5.88. The molecule has 0 bridgehead atoms. The van der Waals surface area contributed by atoms with Gasteiger partial charge in [-0.2, -0.15) is 0 Å². The number of fused-ring (bicyclic) bond motifs is 1. The molecule has 6 N–H and O–H groups in total. The molecule has 0 aromatic rings. The minimum Gasteiger partial charge on any atom is -0.480 e.